The van der Waals surface area contributed by atoms with Gasteiger partial charge in [-0.2, -0.15) is 10.5 Å². The molecule has 2 aromatic heterocycles. The molecule has 1 aliphatic heterocycles. The van der Waals surface area contributed by atoms with Crippen LogP contribution in [0.5, 0.6) is 0 Å². The molecule has 6 heteroatoms. The van der Waals surface area contributed by atoms with Crippen molar-refractivity contribution in [3.05, 3.63) is 41.0 Å². The SMILES string of the molecule is Cl.N#Cc1c2c(c(N3CCC(C#N)CC3)n3c1nc1ccccc13)C1CCC2C1. The fourth-order valence-electron chi connectivity index (χ4n) is 5.88. The summed E-state index contributed by atoms with van der Waals surface area (Å²) in [6, 6.07) is 13.2. The maximum Gasteiger partial charge on any atom is 0.157 e. The van der Waals surface area contributed by atoms with Gasteiger partial charge >= 0.3 is 0 Å². The minimum absolute atomic E-state index is 0. The molecule has 1 saturated carbocycles. The second-order valence-corrected chi connectivity index (χ2v) is 8.49. The summed E-state index contributed by atoms with van der Waals surface area (Å²) in [7, 11) is 0. The fourth-order valence-corrected chi connectivity index (χ4v) is 5.88. The van der Waals surface area contributed by atoms with Gasteiger partial charge in [-0.1, -0.05) is 12.1 Å². The Balaban J connectivity index is 0.00000181. The van der Waals surface area contributed by atoms with Gasteiger partial charge in [0.1, 0.15) is 11.9 Å². The van der Waals surface area contributed by atoms with Crippen LogP contribution in [0, 0.1) is 28.6 Å². The second-order valence-electron chi connectivity index (χ2n) is 8.49. The highest BCUT2D eigenvalue weighted by Gasteiger charge is 2.43. The molecule has 2 bridgehead atoms. The normalized spacial score (nSPS) is 23.0. The van der Waals surface area contributed by atoms with Crippen molar-refractivity contribution in [2.24, 2.45) is 5.92 Å². The van der Waals surface area contributed by atoms with Crippen molar-refractivity contribution >= 4 is 34.9 Å². The summed E-state index contributed by atoms with van der Waals surface area (Å²) < 4.78 is 2.25. The number of piperidine rings is 1. The Bertz CT molecular complexity index is 1210. The second kappa shape index (κ2) is 6.65. The van der Waals surface area contributed by atoms with Crippen LogP contribution in [-0.2, 0) is 0 Å². The number of pyridine rings is 1. The Morgan fingerprint density at radius 2 is 1.69 bits per heavy atom. The highest BCUT2D eigenvalue weighted by Crippen LogP contribution is 2.57. The van der Waals surface area contributed by atoms with Crippen molar-refractivity contribution in [1.29, 1.82) is 10.5 Å². The van der Waals surface area contributed by atoms with Gasteiger partial charge in [0, 0.05) is 24.6 Å². The number of benzene rings is 1. The summed E-state index contributed by atoms with van der Waals surface area (Å²) in [6.07, 6.45) is 5.42. The molecule has 1 aromatic carbocycles. The van der Waals surface area contributed by atoms with Crippen molar-refractivity contribution < 1.29 is 0 Å². The lowest BCUT2D eigenvalue weighted by Gasteiger charge is -2.35. The number of aromatic nitrogens is 2. The average molecular weight is 404 g/mol. The molecule has 2 atom stereocenters. The predicted octanol–water partition coefficient (Wildman–Crippen LogP) is 4.89. The molecule has 0 radical (unpaired) electrons. The molecular formula is C23H22ClN5. The fraction of sp³-hybridized carbons (Fsp3) is 0.435. The molecule has 5 nitrogen and oxygen atoms in total. The van der Waals surface area contributed by atoms with Gasteiger partial charge < -0.3 is 4.90 Å². The number of anilines is 1. The number of halogens is 1. The van der Waals surface area contributed by atoms with Crippen LogP contribution in [0.25, 0.3) is 16.7 Å². The molecule has 2 aliphatic carbocycles. The monoisotopic (exact) mass is 403 g/mol. The summed E-state index contributed by atoms with van der Waals surface area (Å²) in [5.74, 6) is 2.48. The number of rotatable bonds is 1. The summed E-state index contributed by atoms with van der Waals surface area (Å²) in [4.78, 5) is 7.36. The minimum atomic E-state index is 0. The van der Waals surface area contributed by atoms with Crippen molar-refractivity contribution in [3.8, 4) is 12.1 Å². The Labute approximate surface area is 176 Å². The van der Waals surface area contributed by atoms with Crippen molar-refractivity contribution in [2.45, 2.75) is 43.9 Å². The number of para-hydroxylation sites is 2. The van der Waals surface area contributed by atoms with E-state index in [0.29, 0.717) is 11.8 Å². The number of hydrogen-bond donors (Lipinski definition) is 0. The summed E-state index contributed by atoms with van der Waals surface area (Å²) in [5.41, 5.74) is 6.31. The molecule has 0 amide bonds. The molecule has 146 valence electrons. The number of hydrogen-bond acceptors (Lipinski definition) is 4. The first-order chi connectivity index (χ1) is 13.8. The number of imidazole rings is 1. The van der Waals surface area contributed by atoms with Gasteiger partial charge in [0.05, 0.1) is 22.7 Å². The van der Waals surface area contributed by atoms with E-state index in [1.165, 1.54) is 36.2 Å². The Kier molecular flexibility index (Phi) is 4.19. The van der Waals surface area contributed by atoms with E-state index >= 15 is 0 Å². The maximum absolute atomic E-state index is 10.1. The largest absolute Gasteiger partial charge is 0.357 e. The lowest BCUT2D eigenvalue weighted by molar-refractivity contribution is 0.482. The first kappa shape index (κ1) is 18.3. The third-order valence-electron chi connectivity index (χ3n) is 7.13. The Morgan fingerprint density at radius 3 is 2.41 bits per heavy atom. The molecule has 0 spiro atoms. The lowest BCUT2D eigenvalue weighted by atomic mass is 9.88. The zero-order valence-corrected chi connectivity index (χ0v) is 17.0. The molecule has 2 fully saturated rings. The van der Waals surface area contributed by atoms with Crippen LogP contribution in [0.2, 0.25) is 0 Å². The number of nitrogens with zero attached hydrogens (tertiary/aromatic N) is 5. The Hall–Kier alpha value is -2.76. The van der Waals surface area contributed by atoms with E-state index < -0.39 is 0 Å². The van der Waals surface area contributed by atoms with E-state index in [4.69, 9.17) is 4.98 Å². The molecule has 2 unspecified atom stereocenters. The summed E-state index contributed by atoms with van der Waals surface area (Å²) in [5, 5.41) is 19.4. The third kappa shape index (κ3) is 2.41. The van der Waals surface area contributed by atoms with Crippen LogP contribution in [0.1, 0.15) is 60.6 Å². The van der Waals surface area contributed by atoms with Gasteiger partial charge in [-0.15, -0.1) is 12.4 Å². The van der Waals surface area contributed by atoms with Crippen LogP contribution >= 0.6 is 12.4 Å². The van der Waals surface area contributed by atoms with Crippen molar-refractivity contribution in [1.82, 2.24) is 9.38 Å². The minimum Gasteiger partial charge on any atom is -0.357 e. The molecule has 6 rings (SSSR count). The molecule has 29 heavy (non-hydrogen) atoms. The van der Waals surface area contributed by atoms with E-state index in [1.807, 2.05) is 18.2 Å². The quantitative estimate of drug-likeness (QED) is 0.580. The topological polar surface area (TPSA) is 68.1 Å². The third-order valence-corrected chi connectivity index (χ3v) is 7.13. The van der Waals surface area contributed by atoms with Crippen LogP contribution in [0.3, 0.4) is 0 Å². The van der Waals surface area contributed by atoms with Gasteiger partial charge in [-0.3, -0.25) is 4.40 Å². The highest BCUT2D eigenvalue weighted by molar-refractivity contribution is 5.87. The van der Waals surface area contributed by atoms with Crippen LogP contribution in [0.4, 0.5) is 5.82 Å². The van der Waals surface area contributed by atoms with Gasteiger partial charge in [0.15, 0.2) is 5.65 Å². The molecule has 3 aromatic rings. The van der Waals surface area contributed by atoms with E-state index in [9.17, 15) is 10.5 Å². The highest BCUT2D eigenvalue weighted by atomic mass is 35.5. The summed E-state index contributed by atoms with van der Waals surface area (Å²) >= 11 is 0. The molecular weight excluding hydrogens is 382 g/mol. The molecule has 0 N–H and O–H groups in total. The van der Waals surface area contributed by atoms with Crippen LogP contribution < -0.4 is 4.90 Å². The zero-order chi connectivity index (χ0) is 18.8. The lowest BCUT2D eigenvalue weighted by Crippen LogP contribution is -2.35. The first-order valence-corrected chi connectivity index (χ1v) is 10.3. The van der Waals surface area contributed by atoms with E-state index in [-0.39, 0.29) is 18.3 Å². The summed E-state index contributed by atoms with van der Waals surface area (Å²) in [6.45, 7) is 1.80. The van der Waals surface area contributed by atoms with Crippen LogP contribution in [0.15, 0.2) is 24.3 Å². The zero-order valence-electron chi connectivity index (χ0n) is 16.1. The van der Waals surface area contributed by atoms with E-state index in [0.717, 1.165) is 48.2 Å². The maximum atomic E-state index is 10.1. The molecule has 3 aliphatic rings. The predicted molar refractivity (Wildman–Crippen MR) is 115 cm³/mol. The van der Waals surface area contributed by atoms with Crippen molar-refractivity contribution in [2.75, 3.05) is 18.0 Å². The standard InChI is InChI=1S/C23H21N5.ClH/c24-12-14-7-9-27(10-8-14)23-21-16-6-5-15(11-16)20(21)17(13-25)22-26-18-3-1-2-4-19(18)28(22)23;/h1-4,14-16H,5-11H2;1H. The van der Waals surface area contributed by atoms with Gasteiger partial charge in [-0.25, -0.2) is 4.98 Å². The number of nitriles is 2. The average Bonchev–Trinajstić information content (AvgIpc) is 3.45. The van der Waals surface area contributed by atoms with E-state index in [1.54, 1.807) is 0 Å². The van der Waals surface area contributed by atoms with Crippen molar-refractivity contribution in [3.63, 3.8) is 0 Å². The molecule has 1 saturated heterocycles. The van der Waals surface area contributed by atoms with E-state index in [2.05, 4.69) is 27.5 Å². The Morgan fingerprint density at radius 1 is 0.966 bits per heavy atom. The number of fused-ring (bicyclic) bond motifs is 8. The molecule has 3 heterocycles. The van der Waals surface area contributed by atoms with Gasteiger partial charge in [0.25, 0.3) is 0 Å². The van der Waals surface area contributed by atoms with Gasteiger partial charge in [0.2, 0.25) is 0 Å². The smallest absolute Gasteiger partial charge is 0.157 e. The first-order valence-electron chi connectivity index (χ1n) is 10.3. The van der Waals surface area contributed by atoms with Crippen LogP contribution in [-0.4, -0.2) is 22.5 Å². The van der Waals surface area contributed by atoms with Gasteiger partial charge in [-0.05, 0) is 61.6 Å².